The van der Waals surface area contributed by atoms with Gasteiger partial charge < -0.3 is 10.6 Å². The van der Waals surface area contributed by atoms with Crippen LogP contribution in [0, 0.1) is 5.82 Å². The molecule has 2 rings (SSSR count). The van der Waals surface area contributed by atoms with Gasteiger partial charge in [-0.1, -0.05) is 32.1 Å². The summed E-state index contributed by atoms with van der Waals surface area (Å²) in [6, 6.07) is 4.99. The summed E-state index contributed by atoms with van der Waals surface area (Å²) in [6.07, 6.45) is 8.43. The van der Waals surface area contributed by atoms with Gasteiger partial charge in [-0.15, -0.1) is 0 Å². The molecule has 110 valence electrons. The zero-order chi connectivity index (χ0) is 14.4. The molecule has 2 N–H and O–H groups in total. The number of hydrogen-bond acceptors (Lipinski definition) is 2. The number of carbonyl (C=O) groups is 1. The van der Waals surface area contributed by atoms with Crippen LogP contribution in [0.5, 0.6) is 0 Å². The van der Waals surface area contributed by atoms with Crippen molar-refractivity contribution in [1.29, 1.82) is 0 Å². The Bertz CT molecular complexity index is 454. The monoisotopic (exact) mass is 278 g/mol. The Morgan fingerprint density at radius 3 is 2.45 bits per heavy atom. The molecule has 20 heavy (non-hydrogen) atoms. The van der Waals surface area contributed by atoms with Crippen molar-refractivity contribution in [2.24, 2.45) is 0 Å². The SMILES string of the molecule is CC(=O)Nc1ccc(F)c(NC2CCCCCCC2)c1. The maximum atomic E-state index is 13.9. The summed E-state index contributed by atoms with van der Waals surface area (Å²) in [6.45, 7) is 1.45. The number of anilines is 2. The molecule has 1 aliphatic rings. The molecule has 0 aromatic heterocycles. The summed E-state index contributed by atoms with van der Waals surface area (Å²) in [5.41, 5.74) is 1.12. The lowest BCUT2D eigenvalue weighted by atomic mass is 9.96. The molecule has 0 spiro atoms. The minimum absolute atomic E-state index is 0.145. The van der Waals surface area contributed by atoms with Crippen LogP contribution in [-0.2, 0) is 4.79 Å². The molecular formula is C16H23FN2O. The van der Waals surface area contributed by atoms with E-state index < -0.39 is 0 Å². The zero-order valence-electron chi connectivity index (χ0n) is 12.0. The van der Waals surface area contributed by atoms with Gasteiger partial charge in [0.05, 0.1) is 5.69 Å². The molecule has 0 heterocycles. The Labute approximate surface area is 120 Å². The summed E-state index contributed by atoms with van der Waals surface area (Å²) >= 11 is 0. The van der Waals surface area contributed by atoms with Crippen LogP contribution in [0.15, 0.2) is 18.2 Å². The fourth-order valence-corrected chi connectivity index (χ4v) is 2.74. The van der Waals surface area contributed by atoms with Crippen LogP contribution in [0.2, 0.25) is 0 Å². The predicted octanol–water partition coefficient (Wildman–Crippen LogP) is 4.31. The van der Waals surface area contributed by atoms with Crippen LogP contribution >= 0.6 is 0 Å². The van der Waals surface area contributed by atoms with Gasteiger partial charge >= 0.3 is 0 Å². The first kappa shape index (κ1) is 14.8. The standard InChI is InChI=1S/C16H23FN2O/c1-12(20)18-14-9-10-15(17)16(11-14)19-13-7-5-3-2-4-6-8-13/h9-11,13,19H,2-8H2,1H3,(H,18,20). The fourth-order valence-electron chi connectivity index (χ4n) is 2.74. The molecule has 3 nitrogen and oxygen atoms in total. The van der Waals surface area contributed by atoms with E-state index in [4.69, 9.17) is 0 Å². The van der Waals surface area contributed by atoms with Gasteiger partial charge in [0.2, 0.25) is 5.91 Å². The largest absolute Gasteiger partial charge is 0.380 e. The van der Waals surface area contributed by atoms with Crippen LogP contribution in [0.3, 0.4) is 0 Å². The lowest BCUT2D eigenvalue weighted by Crippen LogP contribution is -2.21. The third kappa shape index (κ3) is 4.51. The minimum Gasteiger partial charge on any atom is -0.380 e. The Hall–Kier alpha value is -1.58. The van der Waals surface area contributed by atoms with Gasteiger partial charge in [-0.2, -0.15) is 0 Å². The number of amides is 1. The normalized spacial score (nSPS) is 17.1. The van der Waals surface area contributed by atoms with E-state index in [1.54, 1.807) is 12.1 Å². The van der Waals surface area contributed by atoms with Crippen molar-refractivity contribution in [3.8, 4) is 0 Å². The molecule has 1 aliphatic carbocycles. The highest BCUT2D eigenvalue weighted by atomic mass is 19.1. The number of rotatable bonds is 3. The van der Waals surface area contributed by atoms with Crippen molar-refractivity contribution >= 4 is 17.3 Å². The average Bonchev–Trinajstić information content (AvgIpc) is 2.35. The van der Waals surface area contributed by atoms with Gasteiger partial charge in [0, 0.05) is 18.7 Å². The molecule has 0 saturated heterocycles. The van der Waals surface area contributed by atoms with Crippen molar-refractivity contribution in [2.75, 3.05) is 10.6 Å². The Morgan fingerprint density at radius 1 is 1.15 bits per heavy atom. The van der Waals surface area contributed by atoms with E-state index in [0.29, 0.717) is 17.4 Å². The van der Waals surface area contributed by atoms with Crippen LogP contribution < -0.4 is 10.6 Å². The Kier molecular flexibility index (Phi) is 5.39. The maximum Gasteiger partial charge on any atom is 0.221 e. The Balaban J connectivity index is 2.04. The second-order valence-corrected chi connectivity index (χ2v) is 5.56. The molecule has 1 aromatic carbocycles. The quantitative estimate of drug-likeness (QED) is 0.865. The van der Waals surface area contributed by atoms with Crippen molar-refractivity contribution in [2.45, 2.75) is 57.9 Å². The predicted molar refractivity (Wildman–Crippen MR) is 80.4 cm³/mol. The first-order valence-corrected chi connectivity index (χ1v) is 7.49. The van der Waals surface area contributed by atoms with Gasteiger partial charge in [0.1, 0.15) is 5.82 Å². The topological polar surface area (TPSA) is 41.1 Å². The first-order chi connectivity index (χ1) is 9.65. The minimum atomic E-state index is -0.263. The molecule has 0 radical (unpaired) electrons. The molecule has 1 fully saturated rings. The molecule has 1 saturated carbocycles. The lowest BCUT2D eigenvalue weighted by molar-refractivity contribution is -0.114. The molecule has 4 heteroatoms. The molecule has 0 bridgehead atoms. The smallest absolute Gasteiger partial charge is 0.221 e. The van der Waals surface area contributed by atoms with Crippen LogP contribution in [-0.4, -0.2) is 11.9 Å². The first-order valence-electron chi connectivity index (χ1n) is 7.49. The van der Waals surface area contributed by atoms with Gasteiger partial charge in [-0.05, 0) is 31.0 Å². The highest BCUT2D eigenvalue weighted by Gasteiger charge is 2.13. The molecule has 1 amide bonds. The molecular weight excluding hydrogens is 255 g/mol. The van der Waals surface area contributed by atoms with E-state index in [-0.39, 0.29) is 11.7 Å². The summed E-state index contributed by atoms with van der Waals surface area (Å²) in [7, 11) is 0. The highest BCUT2D eigenvalue weighted by molar-refractivity contribution is 5.89. The van der Waals surface area contributed by atoms with Crippen LogP contribution in [0.4, 0.5) is 15.8 Å². The summed E-state index contributed by atoms with van der Waals surface area (Å²) in [5.74, 6) is -0.408. The third-order valence-electron chi connectivity index (χ3n) is 3.75. The lowest BCUT2D eigenvalue weighted by Gasteiger charge is -2.22. The fraction of sp³-hybridized carbons (Fsp3) is 0.562. The van der Waals surface area contributed by atoms with Gasteiger partial charge in [0.15, 0.2) is 0 Å². The molecule has 1 aromatic rings. The summed E-state index contributed by atoms with van der Waals surface area (Å²) in [4.78, 5) is 11.1. The molecule has 0 atom stereocenters. The molecule has 0 aliphatic heterocycles. The van der Waals surface area contributed by atoms with E-state index >= 15 is 0 Å². The number of halogens is 1. The third-order valence-corrected chi connectivity index (χ3v) is 3.75. The second kappa shape index (κ2) is 7.27. The highest BCUT2D eigenvalue weighted by Crippen LogP contribution is 2.24. The van der Waals surface area contributed by atoms with E-state index in [2.05, 4.69) is 10.6 Å². The van der Waals surface area contributed by atoms with Crippen molar-refractivity contribution in [3.63, 3.8) is 0 Å². The number of benzene rings is 1. The molecule has 0 unspecified atom stereocenters. The number of hydrogen-bond donors (Lipinski definition) is 2. The van der Waals surface area contributed by atoms with E-state index in [1.807, 2.05) is 0 Å². The van der Waals surface area contributed by atoms with E-state index in [0.717, 1.165) is 12.8 Å². The van der Waals surface area contributed by atoms with Crippen LogP contribution in [0.1, 0.15) is 51.9 Å². The average molecular weight is 278 g/mol. The summed E-state index contributed by atoms with van der Waals surface area (Å²) in [5, 5.41) is 5.99. The maximum absolute atomic E-state index is 13.9. The van der Waals surface area contributed by atoms with Crippen molar-refractivity contribution < 1.29 is 9.18 Å². The van der Waals surface area contributed by atoms with Gasteiger partial charge in [-0.25, -0.2) is 4.39 Å². The second-order valence-electron chi connectivity index (χ2n) is 5.56. The number of nitrogens with one attached hydrogen (secondary N) is 2. The van der Waals surface area contributed by atoms with E-state index in [9.17, 15) is 9.18 Å². The van der Waals surface area contributed by atoms with E-state index in [1.165, 1.54) is 45.1 Å². The number of carbonyl (C=O) groups excluding carboxylic acids is 1. The summed E-state index contributed by atoms with van der Waals surface area (Å²) < 4.78 is 13.9. The Morgan fingerprint density at radius 2 is 1.80 bits per heavy atom. The van der Waals surface area contributed by atoms with Gasteiger partial charge in [-0.3, -0.25) is 4.79 Å². The zero-order valence-corrected chi connectivity index (χ0v) is 12.0. The van der Waals surface area contributed by atoms with Crippen molar-refractivity contribution in [3.05, 3.63) is 24.0 Å². The van der Waals surface area contributed by atoms with Crippen molar-refractivity contribution in [1.82, 2.24) is 0 Å². The van der Waals surface area contributed by atoms with Crippen LogP contribution in [0.25, 0.3) is 0 Å². The van der Waals surface area contributed by atoms with Gasteiger partial charge in [0.25, 0.3) is 0 Å².